The number of methoxy groups -OCH3 is 1. The Labute approximate surface area is 114 Å². The van der Waals surface area contributed by atoms with Crippen molar-refractivity contribution in [2.45, 2.75) is 20.3 Å². The van der Waals surface area contributed by atoms with Gasteiger partial charge in [0, 0.05) is 5.56 Å². The zero-order valence-electron chi connectivity index (χ0n) is 11.5. The van der Waals surface area contributed by atoms with E-state index in [1.54, 1.807) is 24.3 Å². The summed E-state index contributed by atoms with van der Waals surface area (Å²) in [5.41, 5.74) is 0.368. The van der Waals surface area contributed by atoms with Crippen molar-refractivity contribution in [2.24, 2.45) is 5.92 Å². The van der Waals surface area contributed by atoms with Gasteiger partial charge < -0.3 is 4.74 Å². The fourth-order valence-electron chi connectivity index (χ4n) is 1.57. The molecule has 19 heavy (non-hydrogen) atoms. The number of benzene rings is 1. The highest BCUT2D eigenvalue weighted by atomic mass is 32.2. The third-order valence-corrected chi connectivity index (χ3v) is 4.31. The van der Waals surface area contributed by atoms with Gasteiger partial charge >= 0.3 is 0 Å². The lowest BCUT2D eigenvalue weighted by Crippen LogP contribution is -2.20. The maximum Gasteiger partial charge on any atom is 0.178 e. The molecule has 0 N–H and O–H groups in total. The largest absolute Gasteiger partial charge is 0.497 e. The Hall–Kier alpha value is -1.36. The molecule has 0 saturated heterocycles. The van der Waals surface area contributed by atoms with Crippen LogP contribution in [-0.4, -0.2) is 32.8 Å². The molecule has 0 heterocycles. The van der Waals surface area contributed by atoms with E-state index < -0.39 is 15.6 Å². The van der Waals surface area contributed by atoms with Crippen molar-refractivity contribution in [3.05, 3.63) is 29.8 Å². The van der Waals surface area contributed by atoms with Crippen molar-refractivity contribution in [1.82, 2.24) is 0 Å². The van der Waals surface area contributed by atoms with Crippen LogP contribution >= 0.6 is 0 Å². The first kappa shape index (κ1) is 15.7. The molecule has 0 bridgehead atoms. The molecule has 0 atom stereocenters. The summed E-state index contributed by atoms with van der Waals surface area (Å²) in [6.07, 6.45) is 0.577. The van der Waals surface area contributed by atoms with Gasteiger partial charge in [0.2, 0.25) is 0 Å². The maximum atomic E-state index is 11.9. The van der Waals surface area contributed by atoms with E-state index in [0.717, 1.165) is 0 Å². The van der Waals surface area contributed by atoms with Crippen LogP contribution in [0, 0.1) is 5.92 Å². The highest BCUT2D eigenvalue weighted by Crippen LogP contribution is 2.14. The second-order valence-corrected chi connectivity index (χ2v) is 7.11. The zero-order chi connectivity index (χ0) is 14.5. The second kappa shape index (κ2) is 6.70. The molecule has 0 unspecified atom stereocenters. The summed E-state index contributed by atoms with van der Waals surface area (Å²) in [5.74, 6) is 0.0857. The number of ketones is 1. The first-order valence-electron chi connectivity index (χ1n) is 6.22. The minimum absolute atomic E-state index is 0.0559. The number of carbonyl (C=O) groups is 1. The molecule has 1 rings (SSSR count). The lowest BCUT2D eigenvalue weighted by molar-refractivity contribution is 0.102. The normalized spacial score (nSPS) is 11.6. The standard InChI is InChI=1S/C14H20O4S/c1-11(2)7-8-19(16,17)10-14(15)12-5-4-6-13(9-12)18-3/h4-6,9,11H,7-8,10H2,1-3H3. The third-order valence-electron chi connectivity index (χ3n) is 2.75. The monoisotopic (exact) mass is 284 g/mol. The quantitative estimate of drug-likeness (QED) is 0.721. The van der Waals surface area contributed by atoms with E-state index in [0.29, 0.717) is 23.7 Å². The molecule has 106 valence electrons. The van der Waals surface area contributed by atoms with Gasteiger partial charge in [-0.25, -0.2) is 8.42 Å². The zero-order valence-corrected chi connectivity index (χ0v) is 12.4. The fraction of sp³-hybridized carbons (Fsp3) is 0.500. The van der Waals surface area contributed by atoms with Crippen molar-refractivity contribution in [3.63, 3.8) is 0 Å². The molecule has 1 aromatic rings. The molecular weight excluding hydrogens is 264 g/mol. The van der Waals surface area contributed by atoms with Crippen LogP contribution in [0.5, 0.6) is 5.75 Å². The van der Waals surface area contributed by atoms with Crippen LogP contribution in [0.4, 0.5) is 0 Å². The van der Waals surface area contributed by atoms with Crippen LogP contribution in [0.3, 0.4) is 0 Å². The molecular formula is C14H20O4S. The Bertz CT molecular complexity index is 532. The number of hydrogen-bond donors (Lipinski definition) is 0. The molecule has 0 amide bonds. The predicted molar refractivity (Wildman–Crippen MR) is 75.4 cm³/mol. The van der Waals surface area contributed by atoms with Crippen molar-refractivity contribution < 1.29 is 17.9 Å². The van der Waals surface area contributed by atoms with Crippen LogP contribution in [0.15, 0.2) is 24.3 Å². The van der Waals surface area contributed by atoms with Crippen LogP contribution < -0.4 is 4.74 Å². The van der Waals surface area contributed by atoms with Gasteiger partial charge in [0.05, 0.1) is 12.9 Å². The number of ether oxygens (including phenoxy) is 1. The van der Waals surface area contributed by atoms with Crippen molar-refractivity contribution >= 4 is 15.6 Å². The van der Waals surface area contributed by atoms with Gasteiger partial charge in [0.15, 0.2) is 15.6 Å². The Balaban J connectivity index is 2.73. The number of hydrogen-bond acceptors (Lipinski definition) is 4. The average Bonchev–Trinajstić information content (AvgIpc) is 2.36. The highest BCUT2D eigenvalue weighted by molar-refractivity contribution is 7.92. The van der Waals surface area contributed by atoms with Gasteiger partial charge in [-0.1, -0.05) is 26.0 Å². The van der Waals surface area contributed by atoms with Crippen molar-refractivity contribution in [1.29, 1.82) is 0 Å². The van der Waals surface area contributed by atoms with Gasteiger partial charge in [-0.15, -0.1) is 0 Å². The summed E-state index contributed by atoms with van der Waals surface area (Å²) in [5, 5.41) is 0. The number of carbonyl (C=O) groups excluding carboxylic acids is 1. The van der Waals surface area contributed by atoms with E-state index in [-0.39, 0.29) is 11.5 Å². The summed E-state index contributed by atoms with van der Waals surface area (Å²) in [4.78, 5) is 11.9. The summed E-state index contributed by atoms with van der Waals surface area (Å²) < 4.78 is 28.7. The van der Waals surface area contributed by atoms with Crippen LogP contribution in [0.2, 0.25) is 0 Å². The van der Waals surface area contributed by atoms with E-state index >= 15 is 0 Å². The van der Waals surface area contributed by atoms with Gasteiger partial charge in [0.1, 0.15) is 11.5 Å². The van der Waals surface area contributed by atoms with Crippen LogP contribution in [0.25, 0.3) is 0 Å². The smallest absolute Gasteiger partial charge is 0.178 e. The average molecular weight is 284 g/mol. The molecule has 0 radical (unpaired) electrons. The number of sulfone groups is 1. The minimum Gasteiger partial charge on any atom is -0.497 e. The molecule has 5 heteroatoms. The number of rotatable bonds is 7. The molecule has 0 aromatic heterocycles. The molecule has 0 spiro atoms. The summed E-state index contributed by atoms with van der Waals surface area (Å²) in [6, 6.07) is 6.54. The first-order valence-corrected chi connectivity index (χ1v) is 8.04. The molecule has 0 saturated carbocycles. The van der Waals surface area contributed by atoms with E-state index in [2.05, 4.69) is 0 Å². The summed E-state index contributed by atoms with van der Waals surface area (Å²) in [7, 11) is -1.83. The lowest BCUT2D eigenvalue weighted by Gasteiger charge is -2.07. The Kier molecular flexibility index (Phi) is 5.54. The first-order chi connectivity index (χ1) is 8.84. The van der Waals surface area contributed by atoms with Gasteiger partial charge in [-0.3, -0.25) is 4.79 Å². The summed E-state index contributed by atoms with van der Waals surface area (Å²) in [6.45, 7) is 3.92. The SMILES string of the molecule is COc1cccc(C(=O)CS(=O)(=O)CCC(C)C)c1. The molecule has 1 aromatic carbocycles. The van der Waals surface area contributed by atoms with E-state index in [9.17, 15) is 13.2 Å². The fourth-order valence-corrected chi connectivity index (χ4v) is 3.11. The van der Waals surface area contributed by atoms with Gasteiger partial charge in [-0.05, 0) is 24.5 Å². The van der Waals surface area contributed by atoms with E-state index in [1.807, 2.05) is 13.8 Å². The molecule has 4 nitrogen and oxygen atoms in total. The second-order valence-electron chi connectivity index (χ2n) is 4.93. The van der Waals surface area contributed by atoms with Crippen molar-refractivity contribution in [2.75, 3.05) is 18.6 Å². The van der Waals surface area contributed by atoms with Gasteiger partial charge in [0.25, 0.3) is 0 Å². The topological polar surface area (TPSA) is 60.4 Å². The van der Waals surface area contributed by atoms with Crippen LogP contribution in [0.1, 0.15) is 30.6 Å². The minimum atomic E-state index is -3.33. The van der Waals surface area contributed by atoms with Crippen molar-refractivity contribution in [3.8, 4) is 5.75 Å². The lowest BCUT2D eigenvalue weighted by atomic mass is 10.1. The number of Topliss-reactive ketones (excluding diaryl/α,β-unsaturated/α-hetero) is 1. The summed E-state index contributed by atoms with van der Waals surface area (Å²) >= 11 is 0. The van der Waals surface area contributed by atoms with E-state index in [4.69, 9.17) is 4.74 Å². The third kappa shape index (κ3) is 5.42. The Morgan fingerprint density at radius 3 is 2.58 bits per heavy atom. The maximum absolute atomic E-state index is 11.9. The molecule has 0 fully saturated rings. The van der Waals surface area contributed by atoms with Gasteiger partial charge in [-0.2, -0.15) is 0 Å². The Morgan fingerprint density at radius 2 is 2.00 bits per heavy atom. The molecule has 0 aliphatic carbocycles. The van der Waals surface area contributed by atoms with E-state index in [1.165, 1.54) is 7.11 Å². The predicted octanol–water partition coefficient (Wildman–Crippen LogP) is 2.34. The molecule has 0 aliphatic heterocycles. The Morgan fingerprint density at radius 1 is 1.32 bits per heavy atom. The molecule has 0 aliphatic rings. The highest BCUT2D eigenvalue weighted by Gasteiger charge is 2.18. The van der Waals surface area contributed by atoms with Crippen LogP contribution in [-0.2, 0) is 9.84 Å².